The second-order valence-electron chi connectivity index (χ2n) is 3.42. The van der Waals surface area contributed by atoms with Crippen molar-refractivity contribution in [1.82, 2.24) is 0 Å². The van der Waals surface area contributed by atoms with Crippen molar-refractivity contribution in [2.45, 2.75) is 12.5 Å². The van der Waals surface area contributed by atoms with Crippen molar-refractivity contribution in [1.29, 1.82) is 0 Å². The fourth-order valence-corrected chi connectivity index (χ4v) is 1.75. The lowest BCUT2D eigenvalue weighted by Gasteiger charge is -2.21. The van der Waals surface area contributed by atoms with E-state index >= 15 is 0 Å². The second kappa shape index (κ2) is 3.47. The van der Waals surface area contributed by atoms with Crippen molar-refractivity contribution in [3.8, 4) is 5.75 Å². The molecule has 0 bridgehead atoms. The molecule has 4 nitrogen and oxygen atoms in total. The lowest BCUT2D eigenvalue weighted by molar-refractivity contribution is 0.0516. The number of phenols is 1. The van der Waals surface area contributed by atoms with Gasteiger partial charge in [-0.2, -0.15) is 0 Å². The van der Waals surface area contributed by atoms with Gasteiger partial charge in [-0.05, 0) is 6.07 Å². The number of benzene rings is 1. The lowest BCUT2D eigenvalue weighted by Crippen LogP contribution is -2.32. The van der Waals surface area contributed by atoms with Gasteiger partial charge in [0.1, 0.15) is 11.9 Å². The standard InChI is InChI=1S/C11H10O4/c1-15-9-5-8(13)6-3-2-4-7(12)10(6)11(9)14/h2-4,9,12H,5H2,1H3. The van der Waals surface area contributed by atoms with E-state index < -0.39 is 6.10 Å². The van der Waals surface area contributed by atoms with Gasteiger partial charge < -0.3 is 9.84 Å². The van der Waals surface area contributed by atoms with Crippen LogP contribution in [0.25, 0.3) is 0 Å². The summed E-state index contributed by atoms with van der Waals surface area (Å²) < 4.78 is 4.90. The summed E-state index contributed by atoms with van der Waals surface area (Å²) in [5, 5.41) is 9.53. The van der Waals surface area contributed by atoms with Crippen LogP contribution in [0.1, 0.15) is 27.1 Å². The van der Waals surface area contributed by atoms with Gasteiger partial charge in [0.15, 0.2) is 11.6 Å². The summed E-state index contributed by atoms with van der Waals surface area (Å²) >= 11 is 0. The highest BCUT2D eigenvalue weighted by Gasteiger charge is 2.34. The summed E-state index contributed by atoms with van der Waals surface area (Å²) in [6, 6.07) is 4.48. The van der Waals surface area contributed by atoms with Crippen molar-refractivity contribution in [3.63, 3.8) is 0 Å². The third-order valence-corrected chi connectivity index (χ3v) is 2.54. The van der Waals surface area contributed by atoms with Crippen LogP contribution < -0.4 is 0 Å². The molecule has 0 saturated heterocycles. The Bertz CT molecular complexity index is 436. The Morgan fingerprint density at radius 1 is 1.40 bits per heavy atom. The van der Waals surface area contributed by atoms with Gasteiger partial charge in [-0.25, -0.2) is 0 Å². The molecule has 1 N–H and O–H groups in total. The van der Waals surface area contributed by atoms with Crippen LogP contribution in [0.4, 0.5) is 0 Å². The van der Waals surface area contributed by atoms with Crippen LogP contribution in [-0.2, 0) is 4.74 Å². The topological polar surface area (TPSA) is 63.6 Å². The molecule has 0 radical (unpaired) electrons. The molecule has 1 aromatic rings. The van der Waals surface area contributed by atoms with E-state index in [0.717, 1.165) is 0 Å². The molecule has 0 spiro atoms. The predicted octanol–water partition coefficient (Wildman–Crippen LogP) is 1.18. The summed E-state index contributed by atoms with van der Waals surface area (Å²) in [6.07, 6.45) is -0.718. The quantitative estimate of drug-likeness (QED) is 0.749. The van der Waals surface area contributed by atoms with Crippen LogP contribution in [0.15, 0.2) is 18.2 Å². The summed E-state index contributed by atoms with van der Waals surface area (Å²) in [4.78, 5) is 23.4. The molecule has 1 unspecified atom stereocenters. The number of rotatable bonds is 1. The van der Waals surface area contributed by atoms with Gasteiger partial charge >= 0.3 is 0 Å². The zero-order chi connectivity index (χ0) is 11.0. The number of carbonyl (C=O) groups excluding carboxylic acids is 2. The van der Waals surface area contributed by atoms with E-state index in [2.05, 4.69) is 0 Å². The highest BCUT2D eigenvalue weighted by Crippen LogP contribution is 2.29. The van der Waals surface area contributed by atoms with Gasteiger partial charge in [-0.15, -0.1) is 0 Å². The third kappa shape index (κ3) is 1.43. The number of methoxy groups -OCH3 is 1. The third-order valence-electron chi connectivity index (χ3n) is 2.54. The van der Waals surface area contributed by atoms with Gasteiger partial charge in [0, 0.05) is 19.1 Å². The van der Waals surface area contributed by atoms with E-state index in [1.165, 1.54) is 13.2 Å². The van der Waals surface area contributed by atoms with E-state index in [9.17, 15) is 14.7 Å². The molecule has 15 heavy (non-hydrogen) atoms. The zero-order valence-electron chi connectivity index (χ0n) is 8.19. The maximum atomic E-state index is 11.8. The number of aromatic hydroxyl groups is 1. The van der Waals surface area contributed by atoms with E-state index in [4.69, 9.17) is 4.74 Å². The fourth-order valence-electron chi connectivity index (χ4n) is 1.75. The van der Waals surface area contributed by atoms with E-state index in [1.54, 1.807) is 12.1 Å². The Morgan fingerprint density at radius 2 is 2.13 bits per heavy atom. The monoisotopic (exact) mass is 206 g/mol. The summed E-state index contributed by atoms with van der Waals surface area (Å²) in [5.74, 6) is -0.662. The smallest absolute Gasteiger partial charge is 0.196 e. The molecule has 0 aromatic heterocycles. The fraction of sp³-hybridized carbons (Fsp3) is 0.273. The molecule has 2 rings (SSSR count). The first-order valence-corrected chi connectivity index (χ1v) is 4.57. The number of phenolic OH excluding ortho intramolecular Hbond substituents is 1. The maximum absolute atomic E-state index is 11.8. The molecule has 0 aliphatic heterocycles. The highest BCUT2D eigenvalue weighted by molar-refractivity contribution is 6.17. The molecule has 0 amide bonds. The normalized spacial score (nSPS) is 20.2. The van der Waals surface area contributed by atoms with E-state index in [-0.39, 0.29) is 34.9 Å². The Hall–Kier alpha value is -1.68. The summed E-state index contributed by atoms with van der Waals surface area (Å²) in [6.45, 7) is 0. The molecular formula is C11H10O4. The summed E-state index contributed by atoms with van der Waals surface area (Å²) in [5.41, 5.74) is 0.369. The van der Waals surface area contributed by atoms with Gasteiger partial charge in [-0.1, -0.05) is 12.1 Å². The molecule has 1 aromatic carbocycles. The van der Waals surface area contributed by atoms with Gasteiger partial charge in [0.2, 0.25) is 0 Å². The molecule has 1 atom stereocenters. The number of Topliss-reactive ketones (excluding diaryl/α,β-unsaturated/α-hetero) is 2. The zero-order valence-corrected chi connectivity index (χ0v) is 8.19. The highest BCUT2D eigenvalue weighted by atomic mass is 16.5. The van der Waals surface area contributed by atoms with Crippen LogP contribution in [0.3, 0.4) is 0 Å². The van der Waals surface area contributed by atoms with Gasteiger partial charge in [0.05, 0.1) is 5.56 Å². The Balaban J connectivity index is 2.60. The maximum Gasteiger partial charge on any atom is 0.196 e. The van der Waals surface area contributed by atoms with Crippen molar-refractivity contribution in [2.24, 2.45) is 0 Å². The average Bonchev–Trinajstić information content (AvgIpc) is 2.23. The minimum Gasteiger partial charge on any atom is -0.507 e. The first-order chi connectivity index (χ1) is 7.15. The van der Waals surface area contributed by atoms with Crippen molar-refractivity contribution < 1.29 is 19.4 Å². The second-order valence-corrected chi connectivity index (χ2v) is 3.42. The lowest BCUT2D eigenvalue weighted by atomic mass is 9.87. The van der Waals surface area contributed by atoms with Crippen LogP contribution in [0.2, 0.25) is 0 Å². The van der Waals surface area contributed by atoms with Crippen molar-refractivity contribution in [2.75, 3.05) is 7.11 Å². The first kappa shape index (κ1) is 9.86. The van der Waals surface area contributed by atoms with Crippen LogP contribution in [-0.4, -0.2) is 29.9 Å². The average molecular weight is 206 g/mol. The van der Waals surface area contributed by atoms with Crippen molar-refractivity contribution >= 4 is 11.6 Å². The summed E-state index contributed by atoms with van der Waals surface area (Å²) in [7, 11) is 1.38. The largest absolute Gasteiger partial charge is 0.507 e. The van der Waals surface area contributed by atoms with Crippen LogP contribution >= 0.6 is 0 Å². The Labute approximate surface area is 86.5 Å². The SMILES string of the molecule is COC1CC(=O)c2cccc(O)c2C1=O. The minimum absolute atomic E-state index is 0.0474. The van der Waals surface area contributed by atoms with Gasteiger partial charge in [-0.3, -0.25) is 9.59 Å². The van der Waals surface area contributed by atoms with Gasteiger partial charge in [0.25, 0.3) is 0 Å². The molecule has 0 fully saturated rings. The number of carbonyl (C=O) groups is 2. The number of ether oxygens (including phenoxy) is 1. The Morgan fingerprint density at radius 3 is 2.80 bits per heavy atom. The molecule has 1 aliphatic rings. The number of hydrogen-bond acceptors (Lipinski definition) is 4. The molecular weight excluding hydrogens is 196 g/mol. The van der Waals surface area contributed by atoms with Crippen LogP contribution in [0, 0.1) is 0 Å². The van der Waals surface area contributed by atoms with Crippen LogP contribution in [0.5, 0.6) is 5.75 Å². The molecule has 1 aliphatic carbocycles. The van der Waals surface area contributed by atoms with E-state index in [0.29, 0.717) is 0 Å². The van der Waals surface area contributed by atoms with E-state index in [1.807, 2.05) is 0 Å². The number of hydrogen-bond donors (Lipinski definition) is 1. The minimum atomic E-state index is -0.765. The molecule has 0 heterocycles. The van der Waals surface area contributed by atoms with Crippen molar-refractivity contribution in [3.05, 3.63) is 29.3 Å². The Kier molecular flexibility index (Phi) is 2.28. The number of ketones is 2. The predicted molar refractivity (Wildman–Crippen MR) is 52.2 cm³/mol. The molecule has 78 valence electrons. The molecule has 0 saturated carbocycles. The first-order valence-electron chi connectivity index (χ1n) is 4.57. The number of fused-ring (bicyclic) bond motifs is 1. The molecule has 4 heteroatoms.